The van der Waals surface area contributed by atoms with Crippen molar-refractivity contribution in [1.82, 2.24) is 10.2 Å². The van der Waals surface area contributed by atoms with Crippen LogP contribution in [0.1, 0.15) is 64.7 Å². The molecule has 0 aromatic rings. The Kier molecular flexibility index (Phi) is 5.88. The van der Waals surface area contributed by atoms with E-state index in [1.807, 2.05) is 0 Å². The molecule has 1 saturated carbocycles. The Balaban J connectivity index is 1.89. The topological polar surface area (TPSA) is 69.6 Å². The Bertz CT molecular complexity index is 373. The van der Waals surface area contributed by atoms with Crippen molar-refractivity contribution in [3.05, 3.63) is 0 Å². The molecule has 2 amide bonds. The van der Waals surface area contributed by atoms with Crippen LogP contribution < -0.4 is 5.32 Å². The van der Waals surface area contributed by atoms with Crippen LogP contribution in [0, 0.1) is 5.92 Å². The Morgan fingerprint density at radius 3 is 2.71 bits per heavy atom. The maximum absolute atomic E-state index is 12.5. The number of carbonyl (C=O) groups excluding carboxylic acids is 1. The summed E-state index contributed by atoms with van der Waals surface area (Å²) >= 11 is 0. The highest BCUT2D eigenvalue weighted by Crippen LogP contribution is 2.27. The van der Waals surface area contributed by atoms with E-state index in [-0.39, 0.29) is 24.5 Å². The third-order valence-electron chi connectivity index (χ3n) is 4.99. The molecule has 1 aliphatic heterocycles. The highest BCUT2D eigenvalue weighted by molar-refractivity contribution is 5.76. The summed E-state index contributed by atoms with van der Waals surface area (Å²) in [6.45, 7) is 2.90. The van der Waals surface area contributed by atoms with Gasteiger partial charge in [0.1, 0.15) is 0 Å². The zero-order valence-corrected chi connectivity index (χ0v) is 13.0. The lowest BCUT2D eigenvalue weighted by atomic mass is 9.84. The maximum atomic E-state index is 12.5. The molecule has 0 spiro atoms. The van der Waals surface area contributed by atoms with E-state index in [0.29, 0.717) is 6.54 Å². The number of urea groups is 1. The van der Waals surface area contributed by atoms with Crippen molar-refractivity contribution in [2.24, 2.45) is 5.92 Å². The Morgan fingerprint density at radius 2 is 2.00 bits per heavy atom. The van der Waals surface area contributed by atoms with Crippen LogP contribution in [-0.4, -0.2) is 40.6 Å². The van der Waals surface area contributed by atoms with Gasteiger partial charge < -0.3 is 15.3 Å². The Hall–Kier alpha value is -1.26. The number of carboxylic acid groups (broad SMARTS) is 1. The minimum absolute atomic E-state index is 0.0531. The number of hydrogen-bond donors (Lipinski definition) is 2. The molecule has 2 N–H and O–H groups in total. The quantitative estimate of drug-likeness (QED) is 0.838. The van der Waals surface area contributed by atoms with E-state index in [4.69, 9.17) is 5.11 Å². The summed E-state index contributed by atoms with van der Waals surface area (Å²) in [5.74, 6) is -0.0939. The van der Waals surface area contributed by atoms with Crippen molar-refractivity contribution in [2.45, 2.75) is 76.8 Å². The molecule has 120 valence electrons. The van der Waals surface area contributed by atoms with Crippen molar-refractivity contribution >= 4 is 12.0 Å². The second-order valence-electron chi connectivity index (χ2n) is 6.53. The van der Waals surface area contributed by atoms with Gasteiger partial charge in [-0.1, -0.05) is 26.2 Å². The van der Waals surface area contributed by atoms with E-state index in [1.54, 1.807) is 4.90 Å². The molecule has 1 heterocycles. The first kappa shape index (κ1) is 16.1. The summed E-state index contributed by atoms with van der Waals surface area (Å²) in [6, 6.07) is 0.0770. The number of piperidine rings is 1. The average molecular weight is 296 g/mol. The minimum atomic E-state index is -0.816. The van der Waals surface area contributed by atoms with Gasteiger partial charge >= 0.3 is 12.0 Å². The van der Waals surface area contributed by atoms with Gasteiger partial charge in [-0.05, 0) is 38.0 Å². The number of amides is 2. The van der Waals surface area contributed by atoms with Gasteiger partial charge in [-0.25, -0.2) is 4.79 Å². The molecule has 0 bridgehead atoms. The van der Waals surface area contributed by atoms with Crippen LogP contribution in [-0.2, 0) is 4.79 Å². The SMILES string of the molecule is CCC1CCCC(NC(=O)N2CCCCC2CC(=O)O)C1. The zero-order valence-electron chi connectivity index (χ0n) is 13.0. The first-order valence-electron chi connectivity index (χ1n) is 8.39. The number of hydrogen-bond acceptors (Lipinski definition) is 2. The van der Waals surface area contributed by atoms with E-state index in [2.05, 4.69) is 12.2 Å². The van der Waals surface area contributed by atoms with Crippen LogP contribution in [0.25, 0.3) is 0 Å². The summed E-state index contributed by atoms with van der Waals surface area (Å²) in [7, 11) is 0. The van der Waals surface area contributed by atoms with E-state index < -0.39 is 5.97 Å². The molecule has 5 heteroatoms. The van der Waals surface area contributed by atoms with Crippen molar-refractivity contribution in [3.63, 3.8) is 0 Å². The largest absolute Gasteiger partial charge is 0.481 e. The molecule has 5 nitrogen and oxygen atoms in total. The molecule has 3 unspecified atom stereocenters. The second kappa shape index (κ2) is 7.66. The second-order valence-corrected chi connectivity index (χ2v) is 6.53. The van der Waals surface area contributed by atoms with E-state index in [9.17, 15) is 9.59 Å². The predicted molar refractivity (Wildman–Crippen MR) is 81.2 cm³/mol. The highest BCUT2D eigenvalue weighted by Gasteiger charge is 2.30. The predicted octanol–water partition coefficient (Wildman–Crippen LogP) is 2.99. The normalized spacial score (nSPS) is 30.0. The number of nitrogens with zero attached hydrogens (tertiary/aromatic N) is 1. The monoisotopic (exact) mass is 296 g/mol. The number of carbonyl (C=O) groups is 2. The summed E-state index contributed by atoms with van der Waals surface area (Å²) in [5, 5.41) is 12.1. The third kappa shape index (κ3) is 4.61. The van der Waals surface area contributed by atoms with Gasteiger partial charge in [0.15, 0.2) is 0 Å². The van der Waals surface area contributed by atoms with Crippen molar-refractivity contribution in [2.75, 3.05) is 6.54 Å². The number of rotatable bonds is 4. The van der Waals surface area contributed by atoms with Gasteiger partial charge in [0.05, 0.1) is 6.42 Å². The lowest BCUT2D eigenvalue weighted by Gasteiger charge is -2.37. The Labute approximate surface area is 127 Å². The average Bonchev–Trinajstić information content (AvgIpc) is 2.47. The van der Waals surface area contributed by atoms with Crippen LogP contribution >= 0.6 is 0 Å². The standard InChI is InChI=1S/C16H28N2O3/c1-2-12-6-5-7-13(10-12)17-16(21)18-9-4-3-8-14(18)11-15(19)20/h12-14H,2-11H2,1H3,(H,17,21)(H,19,20). The molecule has 0 radical (unpaired) electrons. The molecule has 2 rings (SSSR count). The molecule has 2 aliphatic rings. The van der Waals surface area contributed by atoms with Crippen molar-refractivity contribution in [1.29, 1.82) is 0 Å². The first-order chi connectivity index (χ1) is 10.1. The fraction of sp³-hybridized carbons (Fsp3) is 0.875. The number of carboxylic acids is 1. The van der Waals surface area contributed by atoms with E-state index in [0.717, 1.165) is 38.0 Å². The molecule has 1 aliphatic carbocycles. The summed E-state index contributed by atoms with van der Waals surface area (Å²) < 4.78 is 0. The number of likely N-dealkylation sites (tertiary alicyclic amines) is 1. The summed E-state index contributed by atoms with van der Waals surface area (Å²) in [4.78, 5) is 25.2. The van der Waals surface area contributed by atoms with E-state index in [1.165, 1.54) is 19.3 Å². The molecule has 1 saturated heterocycles. The lowest BCUT2D eigenvalue weighted by molar-refractivity contribution is -0.138. The summed E-state index contributed by atoms with van der Waals surface area (Å²) in [6.07, 6.45) is 8.62. The van der Waals surface area contributed by atoms with Gasteiger partial charge in [-0.3, -0.25) is 4.79 Å². The molecular formula is C16H28N2O3. The van der Waals surface area contributed by atoms with Crippen LogP contribution in [0.5, 0.6) is 0 Å². The van der Waals surface area contributed by atoms with Gasteiger partial charge in [0.25, 0.3) is 0 Å². The Morgan fingerprint density at radius 1 is 1.19 bits per heavy atom. The van der Waals surface area contributed by atoms with Crippen molar-refractivity contribution in [3.8, 4) is 0 Å². The molecule has 0 aromatic heterocycles. The molecule has 2 fully saturated rings. The smallest absolute Gasteiger partial charge is 0.317 e. The molecule has 3 atom stereocenters. The molecule has 21 heavy (non-hydrogen) atoms. The third-order valence-corrected chi connectivity index (χ3v) is 4.99. The first-order valence-corrected chi connectivity index (χ1v) is 8.39. The van der Waals surface area contributed by atoms with Gasteiger partial charge in [-0.2, -0.15) is 0 Å². The molecular weight excluding hydrogens is 268 g/mol. The van der Waals surface area contributed by atoms with Gasteiger partial charge in [0.2, 0.25) is 0 Å². The summed E-state index contributed by atoms with van der Waals surface area (Å²) in [5.41, 5.74) is 0. The highest BCUT2D eigenvalue weighted by atomic mass is 16.4. The maximum Gasteiger partial charge on any atom is 0.317 e. The lowest BCUT2D eigenvalue weighted by Crippen LogP contribution is -2.52. The minimum Gasteiger partial charge on any atom is -0.481 e. The van der Waals surface area contributed by atoms with Crippen LogP contribution in [0.2, 0.25) is 0 Å². The van der Waals surface area contributed by atoms with Crippen LogP contribution in [0.4, 0.5) is 4.79 Å². The van der Waals surface area contributed by atoms with Gasteiger partial charge in [0, 0.05) is 18.6 Å². The van der Waals surface area contributed by atoms with Crippen molar-refractivity contribution < 1.29 is 14.7 Å². The molecule has 0 aromatic carbocycles. The number of aliphatic carboxylic acids is 1. The fourth-order valence-electron chi connectivity index (χ4n) is 3.73. The number of nitrogens with one attached hydrogen (secondary N) is 1. The van der Waals surface area contributed by atoms with Crippen LogP contribution in [0.15, 0.2) is 0 Å². The van der Waals surface area contributed by atoms with Gasteiger partial charge in [-0.15, -0.1) is 0 Å². The van der Waals surface area contributed by atoms with E-state index >= 15 is 0 Å². The zero-order chi connectivity index (χ0) is 15.2. The fourth-order valence-corrected chi connectivity index (χ4v) is 3.73. The van der Waals surface area contributed by atoms with Crippen LogP contribution in [0.3, 0.4) is 0 Å².